The van der Waals surface area contributed by atoms with E-state index in [-0.39, 0.29) is 12.2 Å². The Morgan fingerprint density at radius 3 is 2.19 bits per heavy atom. The Labute approximate surface area is 157 Å². The van der Waals surface area contributed by atoms with Crippen LogP contribution in [-0.2, 0) is 20.7 Å². The zero-order valence-electron chi connectivity index (χ0n) is 15.4. The van der Waals surface area contributed by atoms with Crippen molar-refractivity contribution in [1.29, 1.82) is 0 Å². The van der Waals surface area contributed by atoms with Gasteiger partial charge < -0.3 is 19.5 Å². The summed E-state index contributed by atoms with van der Waals surface area (Å²) in [5, 5.41) is 2.60. The smallest absolute Gasteiger partial charge is 0.310 e. The van der Waals surface area contributed by atoms with Crippen LogP contribution in [0.4, 0.5) is 5.69 Å². The molecule has 0 aliphatic rings. The summed E-state index contributed by atoms with van der Waals surface area (Å²) in [4.78, 5) is 35.0. The summed E-state index contributed by atoms with van der Waals surface area (Å²) in [6, 6.07) is 11.5. The number of carbonyl (C=O) groups is 3. The van der Waals surface area contributed by atoms with Gasteiger partial charge >= 0.3 is 5.97 Å². The lowest BCUT2D eigenvalue weighted by Crippen LogP contribution is -2.21. The number of hydrogen-bond donors (Lipinski definition) is 1. The second kappa shape index (κ2) is 9.38. The molecule has 1 amide bonds. The first-order chi connectivity index (χ1) is 12.9. The van der Waals surface area contributed by atoms with Gasteiger partial charge in [-0.15, -0.1) is 0 Å². The van der Waals surface area contributed by atoms with Crippen LogP contribution in [0.15, 0.2) is 42.5 Å². The van der Waals surface area contributed by atoms with E-state index in [1.165, 1.54) is 21.1 Å². The van der Waals surface area contributed by atoms with E-state index in [0.717, 1.165) is 0 Å². The van der Waals surface area contributed by atoms with Gasteiger partial charge in [-0.25, -0.2) is 0 Å². The van der Waals surface area contributed by atoms with Crippen LogP contribution >= 0.6 is 0 Å². The molecule has 27 heavy (non-hydrogen) atoms. The van der Waals surface area contributed by atoms with Crippen molar-refractivity contribution in [2.75, 3.05) is 26.1 Å². The average Bonchev–Trinajstić information content (AvgIpc) is 2.66. The summed E-state index contributed by atoms with van der Waals surface area (Å²) < 4.78 is 15.3. The van der Waals surface area contributed by atoms with Crippen molar-refractivity contribution in [2.45, 2.75) is 13.3 Å². The first kappa shape index (κ1) is 20.0. The minimum Gasteiger partial charge on any atom is -0.493 e. The highest BCUT2D eigenvalue weighted by molar-refractivity contribution is 5.96. The van der Waals surface area contributed by atoms with Gasteiger partial charge in [0.15, 0.2) is 23.9 Å². The maximum Gasteiger partial charge on any atom is 0.310 e. The number of carbonyl (C=O) groups excluding carboxylic acids is 3. The largest absolute Gasteiger partial charge is 0.493 e. The quantitative estimate of drug-likeness (QED) is 0.567. The topological polar surface area (TPSA) is 90.9 Å². The molecule has 0 spiro atoms. The van der Waals surface area contributed by atoms with Crippen LogP contribution in [0.1, 0.15) is 22.8 Å². The molecule has 0 atom stereocenters. The lowest BCUT2D eigenvalue weighted by atomic mass is 10.1. The Kier molecular flexibility index (Phi) is 6.93. The summed E-state index contributed by atoms with van der Waals surface area (Å²) >= 11 is 0. The molecule has 0 radical (unpaired) electrons. The number of ether oxygens (including phenoxy) is 3. The fourth-order valence-electron chi connectivity index (χ4n) is 2.34. The molecular weight excluding hydrogens is 350 g/mol. The van der Waals surface area contributed by atoms with Gasteiger partial charge in [0.2, 0.25) is 0 Å². The average molecular weight is 371 g/mol. The SMILES string of the molecule is COc1ccc(CC(=O)OCC(=O)Nc2ccc(C(C)=O)cc2)cc1OC. The number of esters is 1. The minimum absolute atomic E-state index is 0.000935. The second-order valence-electron chi connectivity index (χ2n) is 5.71. The highest BCUT2D eigenvalue weighted by atomic mass is 16.5. The standard InChI is InChI=1S/C20H21NO6/c1-13(22)15-5-7-16(8-6-15)21-19(23)12-27-20(24)11-14-4-9-17(25-2)18(10-14)26-3/h4-10H,11-12H2,1-3H3,(H,21,23). The molecule has 0 heterocycles. The number of amides is 1. The Morgan fingerprint density at radius 2 is 1.59 bits per heavy atom. The number of ketones is 1. The molecule has 7 nitrogen and oxygen atoms in total. The Hall–Kier alpha value is -3.35. The first-order valence-corrected chi connectivity index (χ1v) is 8.20. The first-order valence-electron chi connectivity index (χ1n) is 8.20. The van der Waals surface area contributed by atoms with Crippen molar-refractivity contribution in [1.82, 2.24) is 0 Å². The highest BCUT2D eigenvalue weighted by Crippen LogP contribution is 2.27. The van der Waals surface area contributed by atoms with E-state index in [0.29, 0.717) is 28.3 Å². The molecule has 2 aromatic rings. The van der Waals surface area contributed by atoms with Gasteiger partial charge in [-0.3, -0.25) is 14.4 Å². The molecule has 2 aromatic carbocycles. The van der Waals surface area contributed by atoms with Crippen molar-refractivity contribution >= 4 is 23.3 Å². The number of nitrogens with one attached hydrogen (secondary N) is 1. The zero-order valence-corrected chi connectivity index (χ0v) is 15.4. The molecule has 0 unspecified atom stereocenters. The molecule has 1 N–H and O–H groups in total. The van der Waals surface area contributed by atoms with E-state index in [4.69, 9.17) is 14.2 Å². The maximum absolute atomic E-state index is 11.9. The van der Waals surface area contributed by atoms with Crippen LogP contribution in [0.5, 0.6) is 11.5 Å². The van der Waals surface area contributed by atoms with E-state index in [1.807, 2.05) is 0 Å². The van der Waals surface area contributed by atoms with Crippen LogP contribution in [0.2, 0.25) is 0 Å². The Morgan fingerprint density at radius 1 is 0.926 bits per heavy atom. The number of methoxy groups -OCH3 is 2. The molecule has 142 valence electrons. The van der Waals surface area contributed by atoms with Gasteiger partial charge in [0.25, 0.3) is 5.91 Å². The highest BCUT2D eigenvalue weighted by Gasteiger charge is 2.11. The third-order valence-corrected chi connectivity index (χ3v) is 3.74. The molecule has 0 bridgehead atoms. The van der Waals surface area contributed by atoms with Gasteiger partial charge in [-0.2, -0.15) is 0 Å². The van der Waals surface area contributed by atoms with Crippen molar-refractivity contribution < 1.29 is 28.6 Å². The number of hydrogen-bond acceptors (Lipinski definition) is 6. The lowest BCUT2D eigenvalue weighted by Gasteiger charge is -2.10. The van der Waals surface area contributed by atoms with E-state index < -0.39 is 18.5 Å². The molecular formula is C20H21NO6. The van der Waals surface area contributed by atoms with Crippen molar-refractivity contribution in [3.63, 3.8) is 0 Å². The van der Waals surface area contributed by atoms with Crippen LogP contribution in [0.3, 0.4) is 0 Å². The fraction of sp³-hybridized carbons (Fsp3) is 0.250. The number of anilines is 1. The van der Waals surface area contributed by atoms with Crippen molar-refractivity contribution in [2.24, 2.45) is 0 Å². The summed E-state index contributed by atoms with van der Waals surface area (Å²) in [6.45, 7) is 1.06. The summed E-state index contributed by atoms with van der Waals surface area (Å²) in [5.41, 5.74) is 1.74. The Balaban J connectivity index is 1.84. The minimum atomic E-state index is -0.538. The van der Waals surface area contributed by atoms with E-state index in [1.54, 1.807) is 42.5 Å². The third kappa shape index (κ3) is 5.85. The summed E-state index contributed by atoms with van der Waals surface area (Å²) in [5.74, 6) is 0.00633. The van der Waals surface area contributed by atoms with Crippen LogP contribution in [0, 0.1) is 0 Å². The van der Waals surface area contributed by atoms with Crippen LogP contribution in [-0.4, -0.2) is 38.5 Å². The third-order valence-electron chi connectivity index (χ3n) is 3.74. The molecule has 7 heteroatoms. The van der Waals surface area contributed by atoms with E-state index >= 15 is 0 Å². The predicted octanol–water partition coefficient (Wildman–Crippen LogP) is 2.63. The molecule has 0 fully saturated rings. The number of rotatable bonds is 8. The predicted molar refractivity (Wildman–Crippen MR) is 99.3 cm³/mol. The second-order valence-corrected chi connectivity index (χ2v) is 5.71. The monoisotopic (exact) mass is 371 g/mol. The van der Waals surface area contributed by atoms with Gasteiger partial charge in [-0.1, -0.05) is 6.07 Å². The normalized spacial score (nSPS) is 10.0. The zero-order chi connectivity index (χ0) is 19.8. The van der Waals surface area contributed by atoms with Crippen LogP contribution in [0.25, 0.3) is 0 Å². The molecule has 0 aliphatic carbocycles. The van der Waals surface area contributed by atoms with Gasteiger partial charge in [0.1, 0.15) is 0 Å². The molecule has 0 saturated heterocycles. The number of Topliss-reactive ketones (excluding diaryl/α,β-unsaturated/α-hetero) is 1. The van der Waals surface area contributed by atoms with Gasteiger partial charge in [0, 0.05) is 11.3 Å². The maximum atomic E-state index is 11.9. The lowest BCUT2D eigenvalue weighted by molar-refractivity contribution is -0.146. The molecule has 2 rings (SSSR count). The van der Waals surface area contributed by atoms with Gasteiger partial charge in [0.05, 0.1) is 20.6 Å². The molecule has 0 saturated carbocycles. The number of benzene rings is 2. The van der Waals surface area contributed by atoms with Gasteiger partial charge in [-0.05, 0) is 48.9 Å². The van der Waals surface area contributed by atoms with Crippen molar-refractivity contribution in [3.8, 4) is 11.5 Å². The Bertz CT molecular complexity index is 829. The molecule has 0 aliphatic heterocycles. The van der Waals surface area contributed by atoms with E-state index in [9.17, 15) is 14.4 Å². The summed E-state index contributed by atoms with van der Waals surface area (Å²) in [7, 11) is 3.03. The fourth-order valence-corrected chi connectivity index (χ4v) is 2.34. The summed E-state index contributed by atoms with van der Waals surface area (Å²) in [6.07, 6.45) is 0.000935. The van der Waals surface area contributed by atoms with E-state index in [2.05, 4.69) is 5.32 Å². The van der Waals surface area contributed by atoms with Crippen molar-refractivity contribution in [3.05, 3.63) is 53.6 Å². The van der Waals surface area contributed by atoms with Crippen LogP contribution < -0.4 is 14.8 Å². The molecule has 0 aromatic heterocycles.